The highest BCUT2D eigenvalue weighted by atomic mass is 31.2. The molecule has 0 saturated heterocycles. The summed E-state index contributed by atoms with van der Waals surface area (Å²) in [7, 11) is 1.11. The number of unbranched alkanes of at least 4 members (excludes halogenated alkanes) is 19. The number of likely N-dealkylation sites (N-methyl/N-ethyl adjacent to an activating group) is 1. The lowest BCUT2D eigenvalue weighted by Gasteiger charge is -2.28. The first-order valence-corrected chi connectivity index (χ1v) is 30.1. The molecular weight excluding hydrogens is 918 g/mol. The van der Waals surface area contributed by atoms with E-state index in [0.717, 1.165) is 70.6 Å². The van der Waals surface area contributed by atoms with E-state index in [-0.39, 0.29) is 26.1 Å². The quantitative estimate of drug-likeness (QED) is 0.0195. The average Bonchev–Trinajstić information content (AvgIpc) is 3.34. The Bertz CT molecular complexity index is 1580. The normalized spacial score (nSPS) is 14.1. The van der Waals surface area contributed by atoms with Crippen LogP contribution in [-0.4, -0.2) is 70.0 Å². The Morgan fingerprint density at radius 1 is 0.444 bits per heavy atom. The predicted octanol–water partition coefficient (Wildman–Crippen LogP) is 17.2. The van der Waals surface area contributed by atoms with Crippen molar-refractivity contribution in [2.45, 2.75) is 225 Å². The summed E-state index contributed by atoms with van der Waals surface area (Å²) in [6, 6.07) is 0. The number of hydrogen-bond acceptors (Lipinski definition) is 8. The van der Waals surface area contributed by atoms with E-state index in [4.69, 9.17) is 18.5 Å². The zero-order valence-electron chi connectivity index (χ0n) is 46.6. The van der Waals surface area contributed by atoms with Gasteiger partial charge in [-0.3, -0.25) is 14.2 Å². The summed E-state index contributed by atoms with van der Waals surface area (Å²) in [6.07, 6.45) is 73.0. The van der Waals surface area contributed by atoms with Crippen molar-refractivity contribution in [1.82, 2.24) is 0 Å². The molecule has 0 aromatic carbocycles. The average molecular weight is 1020 g/mol. The van der Waals surface area contributed by atoms with Crippen molar-refractivity contribution in [2.75, 3.05) is 47.5 Å². The lowest BCUT2D eigenvalue weighted by molar-refractivity contribution is -0.870. The van der Waals surface area contributed by atoms with Crippen LogP contribution in [0.15, 0.2) is 109 Å². The number of allylic oxidation sites excluding steroid dienone is 18. The zero-order valence-corrected chi connectivity index (χ0v) is 47.5. The van der Waals surface area contributed by atoms with Crippen LogP contribution in [0.4, 0.5) is 0 Å². The standard InChI is InChI=1S/C62H106NO8P/c1-6-8-10-12-14-16-18-20-22-24-26-27-28-29-30-31-32-33-34-35-37-38-40-42-44-46-48-50-52-54-61(64)68-58-60(59-70-72(66,67)69-57-56-63(3,4)5)71-62(65)55-53-51-49-47-45-43-41-39-36-25-23-21-19-17-15-13-11-9-7-2/h9,11,15,17-18,20-21,23-24,26,28-29,36,39,43,45,49,51,60H,6-8,10,12-14,16,19,22,25,27,30-35,37-38,40-42,44,46-48,50,52-59H2,1-5H3/b11-9-,17-15-,20-18-,23-21-,26-24-,29-28-,39-36-,45-43-,51-49-. The molecule has 2 unspecified atom stereocenters. The van der Waals surface area contributed by atoms with Gasteiger partial charge in [0.25, 0.3) is 7.82 Å². The van der Waals surface area contributed by atoms with E-state index in [0.29, 0.717) is 23.9 Å². The maximum Gasteiger partial charge on any atom is 0.306 e. The maximum atomic E-state index is 12.7. The summed E-state index contributed by atoms with van der Waals surface area (Å²) in [5.41, 5.74) is 0. The topological polar surface area (TPSA) is 111 Å². The van der Waals surface area contributed by atoms with Crippen molar-refractivity contribution in [2.24, 2.45) is 0 Å². The van der Waals surface area contributed by atoms with Crippen LogP contribution in [0.2, 0.25) is 0 Å². The van der Waals surface area contributed by atoms with Gasteiger partial charge in [0.05, 0.1) is 27.7 Å². The molecule has 72 heavy (non-hydrogen) atoms. The predicted molar refractivity (Wildman–Crippen MR) is 305 cm³/mol. The second-order valence-electron chi connectivity index (χ2n) is 19.9. The van der Waals surface area contributed by atoms with Gasteiger partial charge >= 0.3 is 11.9 Å². The Labute approximate surface area is 442 Å². The number of ether oxygens (including phenoxy) is 2. The number of carbonyl (C=O) groups excluding carboxylic acids is 2. The van der Waals surface area contributed by atoms with Crippen molar-refractivity contribution in [3.05, 3.63) is 109 Å². The van der Waals surface area contributed by atoms with Gasteiger partial charge in [-0.15, -0.1) is 0 Å². The Hall–Kier alpha value is -3.33. The summed E-state index contributed by atoms with van der Waals surface area (Å²) in [4.78, 5) is 37.8. The van der Waals surface area contributed by atoms with Crippen molar-refractivity contribution in [3.63, 3.8) is 0 Å². The summed E-state index contributed by atoms with van der Waals surface area (Å²) >= 11 is 0. The number of hydrogen-bond donors (Lipinski definition) is 0. The summed E-state index contributed by atoms with van der Waals surface area (Å²) in [6.45, 7) is 4.02. The van der Waals surface area contributed by atoms with Gasteiger partial charge in [-0.05, 0) is 89.9 Å². The highest BCUT2D eigenvalue weighted by molar-refractivity contribution is 7.45. The molecular formula is C62H106NO8P. The van der Waals surface area contributed by atoms with Crippen molar-refractivity contribution in [3.8, 4) is 0 Å². The zero-order chi connectivity index (χ0) is 52.7. The van der Waals surface area contributed by atoms with Gasteiger partial charge in [0.2, 0.25) is 0 Å². The highest BCUT2D eigenvalue weighted by Crippen LogP contribution is 2.38. The Kier molecular flexibility index (Phi) is 50.1. The smallest absolute Gasteiger partial charge is 0.306 e. The van der Waals surface area contributed by atoms with E-state index in [1.807, 2.05) is 33.3 Å². The second-order valence-corrected chi connectivity index (χ2v) is 21.3. The van der Waals surface area contributed by atoms with Gasteiger partial charge in [0.15, 0.2) is 6.10 Å². The second kappa shape index (κ2) is 52.5. The molecule has 0 fully saturated rings. The van der Waals surface area contributed by atoms with Gasteiger partial charge in [-0.2, -0.15) is 0 Å². The number of nitrogens with zero attached hydrogens (tertiary/aromatic N) is 1. The van der Waals surface area contributed by atoms with Crippen LogP contribution in [0.1, 0.15) is 219 Å². The van der Waals surface area contributed by atoms with E-state index in [1.165, 1.54) is 109 Å². The van der Waals surface area contributed by atoms with Gasteiger partial charge in [-0.25, -0.2) is 0 Å². The molecule has 0 saturated carbocycles. The highest BCUT2D eigenvalue weighted by Gasteiger charge is 2.21. The molecule has 0 aliphatic carbocycles. The molecule has 0 aliphatic rings. The largest absolute Gasteiger partial charge is 0.756 e. The van der Waals surface area contributed by atoms with Crippen LogP contribution < -0.4 is 4.89 Å². The van der Waals surface area contributed by atoms with Crippen molar-refractivity contribution >= 4 is 19.8 Å². The summed E-state index contributed by atoms with van der Waals surface area (Å²) in [5.74, 6) is -0.937. The van der Waals surface area contributed by atoms with Crippen LogP contribution in [-0.2, 0) is 32.7 Å². The first kappa shape index (κ1) is 68.7. The third-order valence-electron chi connectivity index (χ3n) is 11.8. The van der Waals surface area contributed by atoms with Crippen LogP contribution >= 0.6 is 7.82 Å². The first-order valence-electron chi connectivity index (χ1n) is 28.6. The lowest BCUT2D eigenvalue weighted by Crippen LogP contribution is -2.37. The minimum atomic E-state index is -4.66. The van der Waals surface area contributed by atoms with Gasteiger partial charge in [0, 0.05) is 12.8 Å². The van der Waals surface area contributed by atoms with E-state index < -0.39 is 32.5 Å². The lowest BCUT2D eigenvalue weighted by atomic mass is 10.0. The van der Waals surface area contributed by atoms with E-state index in [1.54, 1.807) is 0 Å². The molecule has 0 amide bonds. The molecule has 0 aliphatic heterocycles. The molecule has 0 bridgehead atoms. The third kappa shape index (κ3) is 56.0. The summed E-state index contributed by atoms with van der Waals surface area (Å²) < 4.78 is 34.0. The molecule has 0 heterocycles. The molecule has 412 valence electrons. The number of quaternary nitrogens is 1. The maximum absolute atomic E-state index is 12.7. The number of phosphoric ester groups is 1. The van der Waals surface area contributed by atoms with Gasteiger partial charge in [-0.1, -0.05) is 226 Å². The SMILES string of the molecule is CC/C=C\C/C=C\C/C=C\C/C=C\C/C=C\C/C=C\CCC(=O)OC(COC(=O)CCCCCCCCCCCCCCCC/C=C\C/C=C\C/C=C\CCCCCCC)COP(=O)([O-])OCC[N+](C)(C)C. The van der Waals surface area contributed by atoms with Crippen LogP contribution in [0.5, 0.6) is 0 Å². The molecule has 0 N–H and O–H groups in total. The van der Waals surface area contributed by atoms with Crippen LogP contribution in [0.25, 0.3) is 0 Å². The van der Waals surface area contributed by atoms with Gasteiger partial charge in [0.1, 0.15) is 19.8 Å². The third-order valence-corrected chi connectivity index (χ3v) is 12.8. The minimum absolute atomic E-state index is 0.0498. The molecule has 0 spiro atoms. The molecule has 2 atom stereocenters. The molecule has 0 radical (unpaired) electrons. The fraction of sp³-hybridized carbons (Fsp3) is 0.677. The Morgan fingerprint density at radius 3 is 1.24 bits per heavy atom. The van der Waals surface area contributed by atoms with E-state index >= 15 is 0 Å². The minimum Gasteiger partial charge on any atom is -0.756 e. The molecule has 10 heteroatoms. The molecule has 0 aromatic rings. The van der Waals surface area contributed by atoms with Crippen molar-refractivity contribution < 1.29 is 42.1 Å². The fourth-order valence-corrected chi connectivity index (χ4v) is 8.12. The fourth-order valence-electron chi connectivity index (χ4n) is 7.39. The Morgan fingerprint density at radius 2 is 0.819 bits per heavy atom. The molecule has 9 nitrogen and oxygen atoms in total. The first-order chi connectivity index (χ1) is 35.0. The van der Waals surface area contributed by atoms with Gasteiger partial charge < -0.3 is 27.9 Å². The van der Waals surface area contributed by atoms with E-state index in [2.05, 4.69) is 111 Å². The van der Waals surface area contributed by atoms with Crippen LogP contribution in [0, 0.1) is 0 Å². The van der Waals surface area contributed by atoms with Crippen molar-refractivity contribution in [1.29, 1.82) is 0 Å². The Balaban J connectivity index is 4.23. The molecule has 0 aromatic heterocycles. The number of rotatable bonds is 51. The number of phosphoric acid groups is 1. The number of carbonyl (C=O) groups is 2. The van der Waals surface area contributed by atoms with E-state index in [9.17, 15) is 19.0 Å². The summed E-state index contributed by atoms with van der Waals surface area (Å²) in [5, 5.41) is 0. The number of esters is 2. The molecule has 0 rings (SSSR count). The monoisotopic (exact) mass is 1020 g/mol. The van der Waals surface area contributed by atoms with Crippen LogP contribution in [0.3, 0.4) is 0 Å².